The van der Waals surface area contributed by atoms with Crippen molar-refractivity contribution >= 4 is 37.5 Å². The van der Waals surface area contributed by atoms with Gasteiger partial charge in [0.2, 0.25) is 10.0 Å². The summed E-state index contributed by atoms with van der Waals surface area (Å²) in [4.78, 5) is 12.5. The van der Waals surface area contributed by atoms with Crippen molar-refractivity contribution in [2.45, 2.75) is 31.8 Å². The number of carbonyl (C=O) groups excluding carboxylic acids is 1. The molecule has 0 heterocycles. The Morgan fingerprint density at radius 1 is 1.21 bits per heavy atom. The number of benzene rings is 2. The maximum atomic E-state index is 13.2. The van der Waals surface area contributed by atoms with Crippen LogP contribution in [0.3, 0.4) is 0 Å². The van der Waals surface area contributed by atoms with Gasteiger partial charge in [0.25, 0.3) is 5.91 Å². The number of nitrogens with zero attached hydrogens (tertiary/aromatic N) is 1. The summed E-state index contributed by atoms with van der Waals surface area (Å²) in [5.74, 6) is -0.571. The standard InChI is InChI=1S/C19H22BrFN2O4S/c1-4-23(5-2)28(25,26)16-8-6-7-15(12-16)22-19(24)13(3)27-18-10-9-14(21)11-17(18)20/h6-13H,4-5H2,1-3H3,(H,22,24). The Morgan fingerprint density at radius 2 is 1.89 bits per heavy atom. The van der Waals surface area contributed by atoms with E-state index in [0.717, 1.165) is 0 Å². The highest BCUT2D eigenvalue weighted by Gasteiger charge is 2.22. The lowest BCUT2D eigenvalue weighted by Gasteiger charge is -2.19. The van der Waals surface area contributed by atoms with E-state index in [1.54, 1.807) is 32.9 Å². The summed E-state index contributed by atoms with van der Waals surface area (Å²) in [6.45, 7) is 5.78. The average molecular weight is 473 g/mol. The zero-order chi connectivity index (χ0) is 20.9. The lowest BCUT2D eigenvalue weighted by Crippen LogP contribution is -2.31. The molecule has 1 unspecified atom stereocenters. The van der Waals surface area contributed by atoms with Gasteiger partial charge in [-0.1, -0.05) is 19.9 Å². The highest BCUT2D eigenvalue weighted by molar-refractivity contribution is 9.10. The number of sulfonamides is 1. The Bertz CT molecular complexity index is 949. The lowest BCUT2D eigenvalue weighted by atomic mass is 10.3. The molecule has 0 aliphatic carbocycles. The molecule has 0 aliphatic rings. The molecule has 152 valence electrons. The van der Waals surface area contributed by atoms with Crippen LogP contribution in [-0.4, -0.2) is 37.8 Å². The van der Waals surface area contributed by atoms with Crippen LogP contribution in [0.4, 0.5) is 10.1 Å². The van der Waals surface area contributed by atoms with Crippen molar-refractivity contribution in [1.82, 2.24) is 4.31 Å². The molecule has 1 N–H and O–H groups in total. The quantitative estimate of drug-likeness (QED) is 0.629. The molecule has 0 spiro atoms. The molecular weight excluding hydrogens is 451 g/mol. The molecule has 2 rings (SSSR count). The molecule has 1 amide bonds. The van der Waals surface area contributed by atoms with Crippen LogP contribution in [-0.2, 0) is 14.8 Å². The van der Waals surface area contributed by atoms with E-state index >= 15 is 0 Å². The van der Waals surface area contributed by atoms with Crippen molar-refractivity contribution < 1.29 is 22.3 Å². The van der Waals surface area contributed by atoms with E-state index in [4.69, 9.17) is 4.74 Å². The lowest BCUT2D eigenvalue weighted by molar-refractivity contribution is -0.122. The molecule has 0 aromatic heterocycles. The van der Waals surface area contributed by atoms with Gasteiger partial charge in [0.15, 0.2) is 6.10 Å². The van der Waals surface area contributed by atoms with Gasteiger partial charge in [-0.3, -0.25) is 4.79 Å². The third-order valence-electron chi connectivity index (χ3n) is 4.01. The summed E-state index contributed by atoms with van der Waals surface area (Å²) in [6.07, 6.45) is -0.884. The molecule has 0 aliphatic heterocycles. The first kappa shape index (κ1) is 22.3. The van der Waals surface area contributed by atoms with Gasteiger partial charge in [-0.25, -0.2) is 12.8 Å². The molecule has 0 radical (unpaired) electrons. The second-order valence-electron chi connectivity index (χ2n) is 5.94. The van der Waals surface area contributed by atoms with E-state index in [0.29, 0.717) is 29.0 Å². The van der Waals surface area contributed by atoms with Gasteiger partial charge < -0.3 is 10.1 Å². The molecule has 6 nitrogen and oxygen atoms in total. The predicted molar refractivity (Wildman–Crippen MR) is 109 cm³/mol. The largest absolute Gasteiger partial charge is 0.480 e. The van der Waals surface area contributed by atoms with Crippen LogP contribution in [0, 0.1) is 5.82 Å². The van der Waals surface area contributed by atoms with Crippen molar-refractivity contribution in [3.63, 3.8) is 0 Å². The Labute approximate surface area is 172 Å². The SMILES string of the molecule is CCN(CC)S(=O)(=O)c1cccc(NC(=O)C(C)Oc2ccc(F)cc2Br)c1. The van der Waals surface area contributed by atoms with Gasteiger partial charge in [-0.2, -0.15) is 4.31 Å². The highest BCUT2D eigenvalue weighted by atomic mass is 79.9. The van der Waals surface area contributed by atoms with Crippen LogP contribution in [0.5, 0.6) is 5.75 Å². The molecule has 0 bridgehead atoms. The van der Waals surface area contributed by atoms with Crippen molar-refractivity contribution in [2.75, 3.05) is 18.4 Å². The van der Waals surface area contributed by atoms with E-state index in [1.165, 1.54) is 34.6 Å². The van der Waals surface area contributed by atoms with E-state index in [-0.39, 0.29) is 4.90 Å². The third kappa shape index (κ3) is 5.30. The van der Waals surface area contributed by atoms with Gasteiger partial charge >= 0.3 is 0 Å². The summed E-state index contributed by atoms with van der Waals surface area (Å²) >= 11 is 3.18. The monoisotopic (exact) mass is 472 g/mol. The normalized spacial score (nSPS) is 12.6. The first-order valence-electron chi connectivity index (χ1n) is 8.71. The van der Waals surface area contributed by atoms with Crippen LogP contribution in [0.15, 0.2) is 51.8 Å². The second kappa shape index (κ2) is 9.49. The van der Waals surface area contributed by atoms with Gasteiger partial charge in [-0.05, 0) is 59.3 Å². The maximum absolute atomic E-state index is 13.2. The number of hydrogen-bond donors (Lipinski definition) is 1. The molecule has 1 atom stereocenters. The zero-order valence-electron chi connectivity index (χ0n) is 15.8. The molecule has 9 heteroatoms. The van der Waals surface area contributed by atoms with Crippen molar-refractivity contribution in [3.05, 3.63) is 52.8 Å². The molecule has 0 saturated carbocycles. The topological polar surface area (TPSA) is 75.7 Å². The fraction of sp³-hybridized carbons (Fsp3) is 0.316. The Balaban J connectivity index is 2.13. The van der Waals surface area contributed by atoms with Gasteiger partial charge in [-0.15, -0.1) is 0 Å². The van der Waals surface area contributed by atoms with Crippen LogP contribution in [0.1, 0.15) is 20.8 Å². The van der Waals surface area contributed by atoms with Gasteiger partial charge in [0.05, 0.1) is 9.37 Å². The number of amides is 1. The Kier molecular flexibility index (Phi) is 7.56. The number of anilines is 1. The van der Waals surface area contributed by atoms with E-state index in [9.17, 15) is 17.6 Å². The van der Waals surface area contributed by atoms with Gasteiger partial charge in [0.1, 0.15) is 11.6 Å². The Morgan fingerprint density at radius 3 is 2.50 bits per heavy atom. The zero-order valence-corrected chi connectivity index (χ0v) is 18.2. The Hall–Kier alpha value is -1.97. The fourth-order valence-corrected chi connectivity index (χ4v) is 4.45. The maximum Gasteiger partial charge on any atom is 0.265 e. The van der Waals surface area contributed by atoms with Crippen LogP contribution < -0.4 is 10.1 Å². The van der Waals surface area contributed by atoms with Crippen molar-refractivity contribution in [1.29, 1.82) is 0 Å². The molecular formula is C19H22BrFN2O4S. The van der Waals surface area contributed by atoms with E-state index in [2.05, 4.69) is 21.2 Å². The number of nitrogens with one attached hydrogen (secondary N) is 1. The summed E-state index contributed by atoms with van der Waals surface area (Å²) < 4.78 is 45.7. The second-order valence-corrected chi connectivity index (χ2v) is 8.73. The summed E-state index contributed by atoms with van der Waals surface area (Å²) in [5.41, 5.74) is 0.340. The minimum atomic E-state index is -3.63. The minimum absolute atomic E-state index is 0.101. The van der Waals surface area contributed by atoms with Crippen LogP contribution in [0.2, 0.25) is 0 Å². The predicted octanol–water partition coefficient (Wildman–Crippen LogP) is 4.02. The molecule has 28 heavy (non-hydrogen) atoms. The number of carbonyl (C=O) groups is 1. The number of rotatable bonds is 8. The molecule has 0 saturated heterocycles. The van der Waals surface area contributed by atoms with Crippen LogP contribution >= 0.6 is 15.9 Å². The van der Waals surface area contributed by atoms with Gasteiger partial charge in [0, 0.05) is 18.8 Å². The first-order valence-corrected chi connectivity index (χ1v) is 10.9. The fourth-order valence-electron chi connectivity index (χ4n) is 2.51. The minimum Gasteiger partial charge on any atom is -0.480 e. The molecule has 0 fully saturated rings. The van der Waals surface area contributed by atoms with Crippen molar-refractivity contribution in [2.24, 2.45) is 0 Å². The van der Waals surface area contributed by atoms with Crippen LogP contribution in [0.25, 0.3) is 0 Å². The first-order chi connectivity index (χ1) is 13.2. The number of hydrogen-bond acceptors (Lipinski definition) is 4. The molecule has 2 aromatic rings. The van der Waals surface area contributed by atoms with E-state index in [1.807, 2.05) is 0 Å². The summed E-state index contributed by atoms with van der Waals surface area (Å²) in [5, 5.41) is 2.64. The number of halogens is 2. The summed E-state index contributed by atoms with van der Waals surface area (Å²) in [6, 6.07) is 9.94. The smallest absolute Gasteiger partial charge is 0.265 e. The highest BCUT2D eigenvalue weighted by Crippen LogP contribution is 2.27. The number of ether oxygens (including phenoxy) is 1. The summed E-state index contributed by atoms with van der Waals surface area (Å²) in [7, 11) is -3.63. The molecule has 2 aromatic carbocycles. The third-order valence-corrected chi connectivity index (χ3v) is 6.68. The van der Waals surface area contributed by atoms with Crippen molar-refractivity contribution in [3.8, 4) is 5.75 Å². The van der Waals surface area contributed by atoms with E-state index < -0.39 is 27.9 Å². The average Bonchev–Trinajstić information content (AvgIpc) is 2.65.